The summed E-state index contributed by atoms with van der Waals surface area (Å²) in [6, 6.07) is 7.18. The summed E-state index contributed by atoms with van der Waals surface area (Å²) in [6.45, 7) is 10.3. The molecule has 1 unspecified atom stereocenters. The molecular weight excluding hydrogens is 262 g/mol. The Morgan fingerprint density at radius 1 is 1.33 bits per heavy atom. The number of nitrogens with one attached hydrogen (secondary N) is 1. The molecule has 0 radical (unpaired) electrons. The summed E-state index contributed by atoms with van der Waals surface area (Å²) in [5, 5.41) is 3.79. The van der Waals surface area contributed by atoms with Crippen molar-refractivity contribution >= 4 is 5.82 Å². The molecule has 118 valence electrons. The highest BCUT2D eigenvalue weighted by atomic mass is 16.5. The van der Waals surface area contributed by atoms with E-state index in [4.69, 9.17) is 4.74 Å². The van der Waals surface area contributed by atoms with Crippen LogP contribution in [0.1, 0.15) is 33.6 Å². The van der Waals surface area contributed by atoms with Crippen LogP contribution in [0.2, 0.25) is 0 Å². The maximum atomic E-state index is 5.61. The normalized spacial score (nSPS) is 18.2. The molecule has 4 nitrogen and oxygen atoms in total. The smallest absolute Gasteiger partial charge is 0.128 e. The lowest BCUT2D eigenvalue weighted by atomic mass is 9.99. The molecule has 0 aromatic carbocycles. The number of hydrogen-bond donors (Lipinski definition) is 1. The average molecular weight is 291 g/mol. The third-order valence-electron chi connectivity index (χ3n) is 4.22. The molecule has 1 aliphatic heterocycles. The highest BCUT2D eigenvalue weighted by Crippen LogP contribution is 2.18. The van der Waals surface area contributed by atoms with Crippen molar-refractivity contribution in [2.75, 3.05) is 31.2 Å². The lowest BCUT2D eigenvalue weighted by Gasteiger charge is -2.36. The number of pyridine rings is 1. The van der Waals surface area contributed by atoms with Crippen LogP contribution < -0.4 is 10.2 Å². The molecule has 0 saturated carbocycles. The Balaban J connectivity index is 1.80. The average Bonchev–Trinajstić information content (AvgIpc) is 2.52. The van der Waals surface area contributed by atoms with E-state index in [0.717, 1.165) is 32.1 Å². The van der Waals surface area contributed by atoms with Gasteiger partial charge in [0, 0.05) is 38.0 Å². The van der Waals surface area contributed by atoms with E-state index in [1.54, 1.807) is 0 Å². The molecular formula is C17H29N3O. The van der Waals surface area contributed by atoms with E-state index >= 15 is 0 Å². The Morgan fingerprint density at radius 2 is 2.10 bits per heavy atom. The minimum Gasteiger partial charge on any atom is -0.380 e. The molecule has 0 aliphatic carbocycles. The number of anilines is 1. The lowest BCUT2D eigenvalue weighted by Crippen LogP contribution is -2.49. The van der Waals surface area contributed by atoms with Gasteiger partial charge in [-0.15, -0.1) is 0 Å². The van der Waals surface area contributed by atoms with Crippen LogP contribution in [-0.4, -0.2) is 43.4 Å². The maximum absolute atomic E-state index is 5.61. The first kappa shape index (κ1) is 16.2. The van der Waals surface area contributed by atoms with E-state index in [2.05, 4.69) is 48.1 Å². The zero-order valence-corrected chi connectivity index (χ0v) is 13.6. The molecule has 1 saturated heterocycles. The van der Waals surface area contributed by atoms with Crippen molar-refractivity contribution in [1.82, 2.24) is 10.3 Å². The molecule has 0 spiro atoms. The summed E-state index contributed by atoms with van der Waals surface area (Å²) in [6.07, 6.45) is 4.22. The van der Waals surface area contributed by atoms with Gasteiger partial charge in [-0.25, -0.2) is 4.98 Å². The molecule has 2 rings (SSSR count). The quantitative estimate of drug-likeness (QED) is 0.838. The fourth-order valence-electron chi connectivity index (χ4n) is 2.80. The highest BCUT2D eigenvalue weighted by Gasteiger charge is 2.23. The number of aromatic nitrogens is 1. The van der Waals surface area contributed by atoms with Crippen LogP contribution in [-0.2, 0) is 4.74 Å². The monoisotopic (exact) mass is 291 g/mol. The first-order valence-corrected chi connectivity index (χ1v) is 8.20. The minimum atomic E-state index is 0.455. The predicted molar refractivity (Wildman–Crippen MR) is 87.7 cm³/mol. The molecule has 1 aromatic rings. The second-order valence-corrected chi connectivity index (χ2v) is 6.13. The van der Waals surface area contributed by atoms with Crippen molar-refractivity contribution in [2.45, 2.75) is 45.7 Å². The zero-order valence-electron chi connectivity index (χ0n) is 13.6. The molecule has 4 heteroatoms. The van der Waals surface area contributed by atoms with Crippen molar-refractivity contribution in [3.05, 3.63) is 24.4 Å². The Hall–Kier alpha value is -1.13. The molecule has 1 fully saturated rings. The van der Waals surface area contributed by atoms with Gasteiger partial charge in [0.25, 0.3) is 0 Å². The van der Waals surface area contributed by atoms with Gasteiger partial charge in [-0.05, 0) is 37.8 Å². The molecule has 1 aliphatic rings. The topological polar surface area (TPSA) is 37.4 Å². The standard InChI is InChI=1S/C17H29N3O/c1-4-21-13-16(14(2)3)19-15-8-11-20(12-9-15)17-7-5-6-10-18-17/h5-7,10,14-16,19H,4,8-9,11-13H2,1-3H3. The summed E-state index contributed by atoms with van der Waals surface area (Å²) >= 11 is 0. The third-order valence-corrected chi connectivity index (χ3v) is 4.22. The third kappa shape index (κ3) is 4.97. The Bertz CT molecular complexity index is 388. The van der Waals surface area contributed by atoms with Crippen molar-refractivity contribution in [2.24, 2.45) is 5.92 Å². The van der Waals surface area contributed by atoms with E-state index in [-0.39, 0.29) is 0 Å². The SMILES string of the molecule is CCOCC(NC1CCN(c2ccccn2)CC1)C(C)C. The lowest BCUT2D eigenvalue weighted by molar-refractivity contribution is 0.101. The van der Waals surface area contributed by atoms with Gasteiger partial charge in [-0.2, -0.15) is 0 Å². The van der Waals surface area contributed by atoms with Gasteiger partial charge in [0.1, 0.15) is 5.82 Å². The van der Waals surface area contributed by atoms with Gasteiger partial charge < -0.3 is 15.0 Å². The summed E-state index contributed by atoms with van der Waals surface area (Å²) in [7, 11) is 0. The molecule has 0 bridgehead atoms. The van der Waals surface area contributed by atoms with Crippen molar-refractivity contribution < 1.29 is 4.74 Å². The largest absolute Gasteiger partial charge is 0.380 e. The van der Waals surface area contributed by atoms with Gasteiger partial charge >= 0.3 is 0 Å². The number of nitrogens with zero attached hydrogens (tertiary/aromatic N) is 2. The van der Waals surface area contributed by atoms with Crippen LogP contribution in [0.15, 0.2) is 24.4 Å². The van der Waals surface area contributed by atoms with Crippen molar-refractivity contribution in [1.29, 1.82) is 0 Å². The predicted octanol–water partition coefficient (Wildman–Crippen LogP) is 2.70. The van der Waals surface area contributed by atoms with Crippen LogP contribution in [0, 0.1) is 5.92 Å². The van der Waals surface area contributed by atoms with Gasteiger partial charge in [-0.1, -0.05) is 19.9 Å². The molecule has 21 heavy (non-hydrogen) atoms. The van der Waals surface area contributed by atoms with Crippen LogP contribution in [0.4, 0.5) is 5.82 Å². The van der Waals surface area contributed by atoms with Crippen molar-refractivity contribution in [3.63, 3.8) is 0 Å². The van der Waals surface area contributed by atoms with E-state index < -0.39 is 0 Å². The fraction of sp³-hybridized carbons (Fsp3) is 0.706. The van der Waals surface area contributed by atoms with Crippen molar-refractivity contribution in [3.8, 4) is 0 Å². The van der Waals surface area contributed by atoms with E-state index in [1.807, 2.05) is 12.3 Å². The van der Waals surface area contributed by atoms with E-state index in [9.17, 15) is 0 Å². The summed E-state index contributed by atoms with van der Waals surface area (Å²) in [5.74, 6) is 1.70. The first-order chi connectivity index (χ1) is 10.2. The molecule has 2 heterocycles. The fourth-order valence-corrected chi connectivity index (χ4v) is 2.80. The molecule has 1 N–H and O–H groups in total. The molecule has 0 amide bonds. The number of ether oxygens (including phenoxy) is 1. The Kier molecular flexibility index (Phi) is 6.46. The maximum Gasteiger partial charge on any atom is 0.128 e. The van der Waals surface area contributed by atoms with Gasteiger partial charge in [0.2, 0.25) is 0 Å². The number of hydrogen-bond acceptors (Lipinski definition) is 4. The minimum absolute atomic E-state index is 0.455. The van der Waals surface area contributed by atoms with E-state index in [1.165, 1.54) is 12.8 Å². The second-order valence-electron chi connectivity index (χ2n) is 6.13. The van der Waals surface area contributed by atoms with Crippen LogP contribution in [0.25, 0.3) is 0 Å². The Morgan fingerprint density at radius 3 is 2.67 bits per heavy atom. The van der Waals surface area contributed by atoms with Crippen LogP contribution in [0.5, 0.6) is 0 Å². The zero-order chi connectivity index (χ0) is 15.1. The second kappa shape index (κ2) is 8.35. The number of piperidine rings is 1. The van der Waals surface area contributed by atoms with Gasteiger partial charge in [0.15, 0.2) is 0 Å². The van der Waals surface area contributed by atoms with E-state index in [0.29, 0.717) is 18.0 Å². The molecule has 1 aromatic heterocycles. The summed E-state index contributed by atoms with van der Waals surface area (Å²) in [4.78, 5) is 6.82. The van der Waals surface area contributed by atoms with Crippen LogP contribution >= 0.6 is 0 Å². The van der Waals surface area contributed by atoms with Crippen LogP contribution in [0.3, 0.4) is 0 Å². The molecule has 1 atom stereocenters. The van der Waals surface area contributed by atoms with Gasteiger partial charge in [0.05, 0.1) is 6.61 Å². The first-order valence-electron chi connectivity index (χ1n) is 8.20. The number of rotatable bonds is 7. The summed E-state index contributed by atoms with van der Waals surface area (Å²) < 4.78 is 5.61. The Labute approximate surface area is 128 Å². The summed E-state index contributed by atoms with van der Waals surface area (Å²) in [5.41, 5.74) is 0. The van der Waals surface area contributed by atoms with Gasteiger partial charge in [-0.3, -0.25) is 0 Å². The highest BCUT2D eigenvalue weighted by molar-refractivity contribution is 5.38.